The maximum atomic E-state index is 5.94. The van der Waals surface area contributed by atoms with Crippen molar-refractivity contribution in [2.45, 2.75) is 19.6 Å². The minimum atomic E-state index is 0.527. The van der Waals surface area contributed by atoms with Crippen LogP contribution in [0.4, 0.5) is 0 Å². The normalized spacial score (nSPS) is 16.8. The third-order valence-corrected chi connectivity index (χ3v) is 5.26. The van der Waals surface area contributed by atoms with E-state index in [1.54, 1.807) is 10.9 Å². The van der Waals surface area contributed by atoms with Gasteiger partial charge in [-0.05, 0) is 35.7 Å². The van der Waals surface area contributed by atoms with Gasteiger partial charge in [-0.3, -0.25) is 4.99 Å². The number of benzene rings is 1. The number of aromatic nitrogens is 3. The van der Waals surface area contributed by atoms with Gasteiger partial charge in [-0.25, -0.2) is 9.67 Å². The van der Waals surface area contributed by atoms with E-state index in [9.17, 15) is 0 Å². The Hall–Kier alpha value is -3.19. The van der Waals surface area contributed by atoms with E-state index in [1.807, 2.05) is 55.8 Å². The lowest BCUT2D eigenvalue weighted by atomic mass is 10.1. The Balaban J connectivity index is 1.25. The molecule has 1 fully saturated rings. The molecule has 7 nitrogen and oxygen atoms in total. The SMILES string of the molecule is CN=C(NCc1ccnc(-n2cccn2)c1)N1CCC(COCc2ccccc2)C1. The Kier molecular flexibility index (Phi) is 6.72. The van der Waals surface area contributed by atoms with Crippen LogP contribution in [0, 0.1) is 5.92 Å². The number of aliphatic imine (C=N–C) groups is 1. The summed E-state index contributed by atoms with van der Waals surface area (Å²) in [4.78, 5) is 11.2. The minimum absolute atomic E-state index is 0.527. The lowest BCUT2D eigenvalue weighted by molar-refractivity contribution is 0.0906. The number of likely N-dealkylation sites (tertiary alicyclic amines) is 1. The molecule has 1 unspecified atom stereocenters. The van der Waals surface area contributed by atoms with Crippen LogP contribution in [0.5, 0.6) is 0 Å². The molecule has 30 heavy (non-hydrogen) atoms. The largest absolute Gasteiger partial charge is 0.376 e. The first-order valence-corrected chi connectivity index (χ1v) is 10.3. The average molecular weight is 405 g/mol. The smallest absolute Gasteiger partial charge is 0.193 e. The highest BCUT2D eigenvalue weighted by Gasteiger charge is 2.25. The second-order valence-electron chi connectivity index (χ2n) is 7.48. The third-order valence-electron chi connectivity index (χ3n) is 5.26. The molecule has 2 aromatic heterocycles. The summed E-state index contributed by atoms with van der Waals surface area (Å²) >= 11 is 0. The zero-order chi connectivity index (χ0) is 20.6. The second kappa shape index (κ2) is 10.0. The number of rotatable bonds is 7. The van der Waals surface area contributed by atoms with Crippen molar-refractivity contribution >= 4 is 5.96 Å². The van der Waals surface area contributed by atoms with E-state index in [2.05, 4.69) is 37.4 Å². The predicted molar refractivity (Wildman–Crippen MR) is 117 cm³/mol. The Bertz CT molecular complexity index is 941. The summed E-state index contributed by atoms with van der Waals surface area (Å²) in [6, 6.07) is 16.3. The molecule has 1 aliphatic heterocycles. The highest BCUT2D eigenvalue weighted by molar-refractivity contribution is 5.80. The van der Waals surface area contributed by atoms with Crippen molar-refractivity contribution in [1.29, 1.82) is 0 Å². The van der Waals surface area contributed by atoms with Crippen LogP contribution in [0.15, 0.2) is 72.1 Å². The molecule has 3 heterocycles. The van der Waals surface area contributed by atoms with E-state index in [-0.39, 0.29) is 0 Å². The van der Waals surface area contributed by atoms with Gasteiger partial charge in [0.05, 0.1) is 13.2 Å². The summed E-state index contributed by atoms with van der Waals surface area (Å²) in [5, 5.41) is 7.72. The number of ether oxygens (including phenoxy) is 1. The van der Waals surface area contributed by atoms with E-state index >= 15 is 0 Å². The molecule has 3 aromatic rings. The maximum absolute atomic E-state index is 5.94. The summed E-state index contributed by atoms with van der Waals surface area (Å²) in [6.07, 6.45) is 6.57. The van der Waals surface area contributed by atoms with Gasteiger partial charge < -0.3 is 15.0 Å². The molecule has 156 valence electrons. The third kappa shape index (κ3) is 5.24. The summed E-state index contributed by atoms with van der Waals surface area (Å²) in [5.74, 6) is 2.27. The van der Waals surface area contributed by atoms with Crippen molar-refractivity contribution < 1.29 is 4.74 Å². The summed E-state index contributed by atoms with van der Waals surface area (Å²) in [7, 11) is 1.84. The average Bonchev–Trinajstić information content (AvgIpc) is 3.48. The molecule has 0 saturated carbocycles. The predicted octanol–water partition coefficient (Wildman–Crippen LogP) is 2.88. The molecule has 1 aromatic carbocycles. The van der Waals surface area contributed by atoms with Crippen LogP contribution >= 0.6 is 0 Å². The number of guanidine groups is 1. The molecule has 0 aliphatic carbocycles. The number of nitrogens with zero attached hydrogens (tertiary/aromatic N) is 5. The highest BCUT2D eigenvalue weighted by atomic mass is 16.5. The molecule has 0 radical (unpaired) electrons. The quantitative estimate of drug-likeness (QED) is 0.484. The van der Waals surface area contributed by atoms with Crippen LogP contribution in [-0.4, -0.2) is 52.4 Å². The van der Waals surface area contributed by atoms with E-state index in [4.69, 9.17) is 4.74 Å². The fourth-order valence-corrected chi connectivity index (χ4v) is 3.69. The van der Waals surface area contributed by atoms with Crippen LogP contribution in [0.3, 0.4) is 0 Å². The van der Waals surface area contributed by atoms with E-state index in [0.717, 1.165) is 43.5 Å². The lowest BCUT2D eigenvalue weighted by Gasteiger charge is -2.22. The van der Waals surface area contributed by atoms with Crippen LogP contribution in [-0.2, 0) is 17.9 Å². The summed E-state index contributed by atoms with van der Waals surface area (Å²) < 4.78 is 7.70. The van der Waals surface area contributed by atoms with Crippen molar-refractivity contribution in [3.63, 3.8) is 0 Å². The van der Waals surface area contributed by atoms with Gasteiger partial charge in [-0.2, -0.15) is 5.10 Å². The molecule has 4 rings (SSSR count). The Morgan fingerprint density at radius 3 is 2.87 bits per heavy atom. The molecular weight excluding hydrogens is 376 g/mol. The zero-order valence-corrected chi connectivity index (χ0v) is 17.3. The molecule has 7 heteroatoms. The van der Waals surface area contributed by atoms with Gasteiger partial charge in [-0.1, -0.05) is 30.3 Å². The number of hydrogen-bond donors (Lipinski definition) is 1. The maximum Gasteiger partial charge on any atom is 0.193 e. The second-order valence-corrected chi connectivity index (χ2v) is 7.48. The first-order valence-electron chi connectivity index (χ1n) is 10.3. The zero-order valence-electron chi connectivity index (χ0n) is 17.3. The number of pyridine rings is 1. The van der Waals surface area contributed by atoms with Crippen molar-refractivity contribution in [1.82, 2.24) is 25.0 Å². The lowest BCUT2D eigenvalue weighted by Crippen LogP contribution is -2.39. The van der Waals surface area contributed by atoms with Crippen LogP contribution in [0.25, 0.3) is 5.82 Å². The first kappa shape index (κ1) is 20.1. The molecule has 1 saturated heterocycles. The molecule has 0 bridgehead atoms. The van der Waals surface area contributed by atoms with Gasteiger partial charge in [0.1, 0.15) is 0 Å². The standard InChI is InChI=1S/C23H28N6O/c1-24-23(26-15-20-8-11-25-22(14-20)29-12-5-10-27-29)28-13-9-21(16-28)18-30-17-19-6-3-2-4-7-19/h2-8,10-12,14,21H,9,13,15-18H2,1H3,(H,24,26). The van der Waals surface area contributed by atoms with Gasteiger partial charge in [0.25, 0.3) is 0 Å². The Morgan fingerprint density at radius 2 is 2.07 bits per heavy atom. The molecule has 1 aliphatic rings. The Morgan fingerprint density at radius 1 is 1.17 bits per heavy atom. The summed E-state index contributed by atoms with van der Waals surface area (Å²) in [5.41, 5.74) is 2.36. The van der Waals surface area contributed by atoms with Gasteiger partial charge in [0.2, 0.25) is 0 Å². The van der Waals surface area contributed by atoms with E-state index < -0.39 is 0 Å². The van der Waals surface area contributed by atoms with E-state index in [1.165, 1.54) is 5.56 Å². The Labute approximate surface area is 177 Å². The number of nitrogens with one attached hydrogen (secondary N) is 1. The van der Waals surface area contributed by atoms with Crippen LogP contribution < -0.4 is 5.32 Å². The fraction of sp³-hybridized carbons (Fsp3) is 0.348. The van der Waals surface area contributed by atoms with Gasteiger partial charge in [0.15, 0.2) is 11.8 Å². The van der Waals surface area contributed by atoms with Crippen molar-refractivity contribution in [3.05, 3.63) is 78.2 Å². The van der Waals surface area contributed by atoms with Gasteiger partial charge >= 0.3 is 0 Å². The van der Waals surface area contributed by atoms with Crippen LogP contribution in [0.2, 0.25) is 0 Å². The fourth-order valence-electron chi connectivity index (χ4n) is 3.69. The molecule has 1 N–H and O–H groups in total. The molecular formula is C23H28N6O. The highest BCUT2D eigenvalue weighted by Crippen LogP contribution is 2.17. The molecule has 1 atom stereocenters. The van der Waals surface area contributed by atoms with Gasteiger partial charge in [0, 0.05) is 51.2 Å². The number of hydrogen-bond acceptors (Lipinski definition) is 4. The van der Waals surface area contributed by atoms with Crippen molar-refractivity contribution in [3.8, 4) is 5.82 Å². The van der Waals surface area contributed by atoms with Crippen LogP contribution in [0.1, 0.15) is 17.5 Å². The summed E-state index contributed by atoms with van der Waals surface area (Å²) in [6.45, 7) is 4.09. The minimum Gasteiger partial charge on any atom is -0.376 e. The molecule has 0 spiro atoms. The first-order chi connectivity index (χ1) is 14.8. The monoisotopic (exact) mass is 404 g/mol. The van der Waals surface area contributed by atoms with Crippen molar-refractivity contribution in [2.24, 2.45) is 10.9 Å². The van der Waals surface area contributed by atoms with Crippen molar-refractivity contribution in [2.75, 3.05) is 26.7 Å². The van der Waals surface area contributed by atoms with E-state index in [0.29, 0.717) is 19.1 Å². The topological polar surface area (TPSA) is 67.6 Å². The molecule has 0 amide bonds. The van der Waals surface area contributed by atoms with Gasteiger partial charge in [-0.15, -0.1) is 0 Å².